The van der Waals surface area contributed by atoms with E-state index < -0.39 is 0 Å². The van der Waals surface area contributed by atoms with E-state index in [4.69, 9.17) is 11.6 Å². The lowest BCUT2D eigenvalue weighted by atomic mass is 10.4. The van der Waals surface area contributed by atoms with Crippen LogP contribution in [0.3, 0.4) is 0 Å². The molecule has 2 aromatic heterocycles. The SMILES string of the molecule is CCCn1c(C)nc2c(Cl)nc(C)nc21. The molecule has 0 fully saturated rings. The fraction of sp³-hybridized carbons (Fsp3) is 0.500. The Morgan fingerprint density at radius 1 is 1.20 bits per heavy atom. The number of aryl methyl sites for hydroxylation is 3. The standard InChI is InChI=1S/C10H13ClN4/c1-4-5-15-7(3)14-8-9(11)12-6(2)13-10(8)15/h4-5H2,1-3H3. The van der Waals surface area contributed by atoms with E-state index in [0.717, 1.165) is 24.4 Å². The lowest BCUT2D eigenvalue weighted by Gasteiger charge is -2.03. The fourth-order valence-corrected chi connectivity index (χ4v) is 1.92. The molecule has 0 unspecified atom stereocenters. The van der Waals surface area contributed by atoms with E-state index in [0.29, 0.717) is 16.5 Å². The first kappa shape index (κ1) is 10.4. The largest absolute Gasteiger partial charge is 0.313 e. The second-order valence-electron chi connectivity index (χ2n) is 3.54. The lowest BCUT2D eigenvalue weighted by Crippen LogP contribution is -2.01. The Kier molecular flexibility index (Phi) is 2.61. The molecule has 0 bridgehead atoms. The van der Waals surface area contributed by atoms with Crippen LogP contribution in [0.1, 0.15) is 25.0 Å². The summed E-state index contributed by atoms with van der Waals surface area (Å²) in [4.78, 5) is 12.9. The minimum atomic E-state index is 0.440. The summed E-state index contributed by atoms with van der Waals surface area (Å²) in [5.74, 6) is 1.62. The molecular formula is C10H13ClN4. The van der Waals surface area contributed by atoms with E-state index in [9.17, 15) is 0 Å². The van der Waals surface area contributed by atoms with Crippen LogP contribution in [0.2, 0.25) is 5.15 Å². The van der Waals surface area contributed by atoms with Crippen molar-refractivity contribution in [3.63, 3.8) is 0 Å². The van der Waals surface area contributed by atoms with Crippen LogP contribution in [0.25, 0.3) is 11.2 Å². The zero-order chi connectivity index (χ0) is 11.0. The highest BCUT2D eigenvalue weighted by Crippen LogP contribution is 2.20. The van der Waals surface area contributed by atoms with Crippen LogP contribution >= 0.6 is 11.6 Å². The molecule has 0 aromatic carbocycles. The van der Waals surface area contributed by atoms with Gasteiger partial charge in [0.1, 0.15) is 17.2 Å². The zero-order valence-corrected chi connectivity index (χ0v) is 9.84. The molecule has 5 heteroatoms. The molecule has 15 heavy (non-hydrogen) atoms. The summed E-state index contributed by atoms with van der Waals surface area (Å²) < 4.78 is 2.08. The summed E-state index contributed by atoms with van der Waals surface area (Å²) in [5, 5.41) is 0.440. The average molecular weight is 225 g/mol. The summed E-state index contributed by atoms with van der Waals surface area (Å²) >= 11 is 6.02. The van der Waals surface area contributed by atoms with Gasteiger partial charge in [0.25, 0.3) is 0 Å². The van der Waals surface area contributed by atoms with Gasteiger partial charge in [-0.1, -0.05) is 18.5 Å². The highest BCUT2D eigenvalue weighted by atomic mass is 35.5. The zero-order valence-electron chi connectivity index (χ0n) is 9.08. The Morgan fingerprint density at radius 2 is 1.93 bits per heavy atom. The monoisotopic (exact) mass is 224 g/mol. The molecule has 0 saturated carbocycles. The summed E-state index contributed by atoms with van der Waals surface area (Å²) in [6.45, 7) is 6.84. The van der Waals surface area contributed by atoms with E-state index in [1.165, 1.54) is 0 Å². The topological polar surface area (TPSA) is 43.6 Å². The molecule has 0 radical (unpaired) electrons. The highest BCUT2D eigenvalue weighted by molar-refractivity contribution is 6.33. The van der Waals surface area contributed by atoms with Gasteiger partial charge in [-0.15, -0.1) is 0 Å². The van der Waals surface area contributed by atoms with E-state index in [2.05, 4.69) is 26.4 Å². The van der Waals surface area contributed by atoms with Crippen LogP contribution in [0.4, 0.5) is 0 Å². The summed E-state index contributed by atoms with van der Waals surface area (Å²) in [7, 11) is 0. The number of halogens is 1. The van der Waals surface area contributed by atoms with Gasteiger partial charge < -0.3 is 4.57 Å². The molecule has 0 spiro atoms. The molecule has 2 heterocycles. The molecule has 0 aliphatic rings. The third kappa shape index (κ3) is 1.69. The molecule has 0 amide bonds. The lowest BCUT2D eigenvalue weighted by molar-refractivity contribution is 0.669. The minimum absolute atomic E-state index is 0.440. The Hall–Kier alpha value is -1.16. The van der Waals surface area contributed by atoms with Crippen molar-refractivity contribution in [2.24, 2.45) is 0 Å². The van der Waals surface area contributed by atoms with Gasteiger partial charge in [0, 0.05) is 6.54 Å². The third-order valence-electron chi connectivity index (χ3n) is 2.30. The number of nitrogens with zero attached hydrogens (tertiary/aromatic N) is 4. The van der Waals surface area contributed by atoms with Gasteiger partial charge in [-0.25, -0.2) is 15.0 Å². The maximum absolute atomic E-state index is 6.02. The van der Waals surface area contributed by atoms with Crippen molar-refractivity contribution in [1.29, 1.82) is 0 Å². The Bertz CT molecular complexity index is 504. The summed E-state index contributed by atoms with van der Waals surface area (Å²) in [6, 6.07) is 0. The van der Waals surface area contributed by atoms with Gasteiger partial charge in [0.2, 0.25) is 0 Å². The van der Waals surface area contributed by atoms with Gasteiger partial charge in [-0.05, 0) is 20.3 Å². The third-order valence-corrected chi connectivity index (χ3v) is 2.57. The average Bonchev–Trinajstić information content (AvgIpc) is 2.46. The molecule has 0 atom stereocenters. The fourth-order valence-electron chi connectivity index (χ4n) is 1.67. The Labute approximate surface area is 93.3 Å². The Balaban J connectivity index is 2.74. The molecule has 80 valence electrons. The second kappa shape index (κ2) is 3.77. The number of fused-ring (bicyclic) bond motifs is 1. The van der Waals surface area contributed by atoms with Gasteiger partial charge in [0.15, 0.2) is 10.8 Å². The van der Waals surface area contributed by atoms with E-state index in [1.807, 2.05) is 13.8 Å². The predicted molar refractivity (Wildman–Crippen MR) is 60.1 cm³/mol. The maximum atomic E-state index is 6.02. The second-order valence-corrected chi connectivity index (χ2v) is 3.90. The van der Waals surface area contributed by atoms with Gasteiger partial charge in [-0.3, -0.25) is 0 Å². The van der Waals surface area contributed by atoms with Crippen molar-refractivity contribution >= 4 is 22.8 Å². The first-order valence-corrected chi connectivity index (χ1v) is 5.38. The first-order valence-electron chi connectivity index (χ1n) is 5.00. The van der Waals surface area contributed by atoms with E-state index in [1.54, 1.807) is 0 Å². The quantitative estimate of drug-likeness (QED) is 0.737. The molecule has 4 nitrogen and oxygen atoms in total. The smallest absolute Gasteiger partial charge is 0.165 e. The molecule has 0 aliphatic carbocycles. The molecular weight excluding hydrogens is 212 g/mol. The Morgan fingerprint density at radius 3 is 2.60 bits per heavy atom. The van der Waals surface area contributed by atoms with Crippen LogP contribution in [0.5, 0.6) is 0 Å². The molecule has 0 saturated heterocycles. The molecule has 0 N–H and O–H groups in total. The number of hydrogen-bond acceptors (Lipinski definition) is 3. The van der Waals surface area contributed by atoms with Crippen LogP contribution in [-0.4, -0.2) is 19.5 Å². The first-order chi connectivity index (χ1) is 7.13. The van der Waals surface area contributed by atoms with Gasteiger partial charge in [-0.2, -0.15) is 0 Å². The number of rotatable bonds is 2. The number of aromatic nitrogens is 4. The van der Waals surface area contributed by atoms with Crippen LogP contribution in [0, 0.1) is 13.8 Å². The minimum Gasteiger partial charge on any atom is -0.313 e. The van der Waals surface area contributed by atoms with Crippen molar-refractivity contribution < 1.29 is 0 Å². The highest BCUT2D eigenvalue weighted by Gasteiger charge is 2.12. The normalized spacial score (nSPS) is 11.2. The van der Waals surface area contributed by atoms with Crippen molar-refractivity contribution in [3.05, 3.63) is 16.8 Å². The van der Waals surface area contributed by atoms with Gasteiger partial charge >= 0.3 is 0 Å². The van der Waals surface area contributed by atoms with Crippen LogP contribution in [-0.2, 0) is 6.54 Å². The molecule has 2 aromatic rings. The van der Waals surface area contributed by atoms with Crippen LogP contribution in [0.15, 0.2) is 0 Å². The molecule has 0 aliphatic heterocycles. The maximum Gasteiger partial charge on any atom is 0.165 e. The number of imidazole rings is 1. The summed E-state index contributed by atoms with van der Waals surface area (Å²) in [6.07, 6.45) is 1.05. The van der Waals surface area contributed by atoms with Crippen molar-refractivity contribution in [3.8, 4) is 0 Å². The van der Waals surface area contributed by atoms with Crippen molar-refractivity contribution in [2.45, 2.75) is 33.7 Å². The van der Waals surface area contributed by atoms with E-state index in [-0.39, 0.29) is 0 Å². The van der Waals surface area contributed by atoms with Crippen molar-refractivity contribution in [1.82, 2.24) is 19.5 Å². The van der Waals surface area contributed by atoms with Crippen LogP contribution < -0.4 is 0 Å². The number of hydrogen-bond donors (Lipinski definition) is 0. The van der Waals surface area contributed by atoms with E-state index >= 15 is 0 Å². The predicted octanol–water partition coefficient (Wildman–Crippen LogP) is 2.51. The molecule has 2 rings (SSSR count). The van der Waals surface area contributed by atoms with Gasteiger partial charge in [0.05, 0.1) is 0 Å². The summed E-state index contributed by atoms with van der Waals surface area (Å²) in [5.41, 5.74) is 1.54. The van der Waals surface area contributed by atoms with Crippen molar-refractivity contribution in [2.75, 3.05) is 0 Å².